The highest BCUT2D eigenvalue weighted by molar-refractivity contribution is 6.42. The molecule has 3 heterocycles. The molecule has 11 nitrogen and oxygen atoms in total. The predicted molar refractivity (Wildman–Crippen MR) is 152 cm³/mol. The number of nitrogens with zero attached hydrogens (tertiary/aromatic N) is 4. The number of ether oxygens (including phenoxy) is 3. The van der Waals surface area contributed by atoms with E-state index in [-0.39, 0.29) is 23.3 Å². The summed E-state index contributed by atoms with van der Waals surface area (Å²) in [4.78, 5) is 15.6. The lowest BCUT2D eigenvalue weighted by Crippen LogP contribution is -2.63. The van der Waals surface area contributed by atoms with E-state index >= 15 is 0 Å². The van der Waals surface area contributed by atoms with Crippen molar-refractivity contribution in [3.8, 4) is 11.3 Å². The topological polar surface area (TPSA) is 139 Å². The molecule has 0 spiro atoms. The predicted octanol–water partition coefficient (Wildman–Crippen LogP) is 3.03. The van der Waals surface area contributed by atoms with Crippen molar-refractivity contribution in [1.29, 1.82) is 0 Å². The number of aromatic nitrogens is 3. The summed E-state index contributed by atoms with van der Waals surface area (Å²) < 4.78 is 18.5. The van der Waals surface area contributed by atoms with Crippen molar-refractivity contribution in [2.75, 3.05) is 31.8 Å². The molecule has 0 radical (unpaired) electrons. The molecule has 2 fully saturated rings. The van der Waals surface area contributed by atoms with Crippen LogP contribution in [-0.2, 0) is 19.0 Å². The van der Waals surface area contributed by atoms with E-state index in [2.05, 4.69) is 10.3 Å². The summed E-state index contributed by atoms with van der Waals surface area (Å²) in [5.74, 6) is -0.634. The summed E-state index contributed by atoms with van der Waals surface area (Å²) in [6.45, 7) is -0.559. The highest BCUT2D eigenvalue weighted by Gasteiger charge is 2.52. The Labute approximate surface area is 255 Å². The number of rotatable bonds is 7. The second-order valence-corrected chi connectivity index (χ2v) is 11.4. The Kier molecular flexibility index (Phi) is 9.41. The third-order valence-electron chi connectivity index (χ3n) is 7.13. The molecule has 0 saturated carbocycles. The summed E-state index contributed by atoms with van der Waals surface area (Å²) >= 11 is 24.7. The number of hydrogen-bond acceptors (Lipinski definition) is 9. The Morgan fingerprint density at radius 1 is 1.10 bits per heavy atom. The zero-order valence-electron chi connectivity index (χ0n) is 21.5. The molecule has 2 aromatic carbocycles. The molecule has 2 aliphatic heterocycles. The normalized spacial score (nSPS) is 28.1. The Bertz CT molecular complexity index is 1390. The molecule has 5 rings (SSSR count). The van der Waals surface area contributed by atoms with E-state index in [0.29, 0.717) is 27.0 Å². The fourth-order valence-corrected chi connectivity index (χ4v) is 5.96. The van der Waals surface area contributed by atoms with Gasteiger partial charge < -0.3 is 34.4 Å². The quantitative estimate of drug-likeness (QED) is 0.353. The summed E-state index contributed by atoms with van der Waals surface area (Å²) in [6, 6.07) is 7.70. The third-order valence-corrected chi connectivity index (χ3v) is 8.31. The van der Waals surface area contributed by atoms with Gasteiger partial charge in [-0.2, -0.15) is 0 Å². The summed E-state index contributed by atoms with van der Waals surface area (Å²) in [5, 5.41) is 41.6. The molecule has 1 amide bonds. The van der Waals surface area contributed by atoms with E-state index in [0.717, 1.165) is 0 Å². The molecule has 1 aromatic heterocycles. The lowest BCUT2D eigenvalue weighted by atomic mass is 9.91. The van der Waals surface area contributed by atoms with Gasteiger partial charge >= 0.3 is 0 Å². The number of aliphatic hydroxyl groups excluding tert-OH is 3. The average molecular weight is 648 g/mol. The maximum Gasteiger partial charge on any atom is 0.259 e. The Morgan fingerprint density at radius 3 is 2.44 bits per heavy atom. The van der Waals surface area contributed by atoms with Crippen LogP contribution in [0.2, 0.25) is 20.1 Å². The first-order valence-electron chi connectivity index (χ1n) is 12.5. The van der Waals surface area contributed by atoms with E-state index in [4.69, 9.17) is 60.6 Å². The van der Waals surface area contributed by atoms with E-state index in [1.807, 2.05) is 0 Å². The van der Waals surface area contributed by atoms with Crippen molar-refractivity contribution >= 4 is 58.0 Å². The highest BCUT2D eigenvalue weighted by Crippen LogP contribution is 2.37. The van der Waals surface area contributed by atoms with Gasteiger partial charge in [0.1, 0.15) is 36.2 Å². The van der Waals surface area contributed by atoms with Crippen LogP contribution in [0.1, 0.15) is 6.04 Å². The largest absolute Gasteiger partial charge is 0.394 e. The summed E-state index contributed by atoms with van der Waals surface area (Å²) in [7, 11) is 1.36. The van der Waals surface area contributed by atoms with Crippen LogP contribution in [0.4, 0.5) is 5.69 Å². The molecule has 15 heteroatoms. The number of aliphatic hydroxyl groups is 3. The van der Waals surface area contributed by atoms with Gasteiger partial charge in [0.25, 0.3) is 5.91 Å². The van der Waals surface area contributed by atoms with Crippen molar-refractivity contribution in [2.45, 2.75) is 42.6 Å². The molecule has 5 unspecified atom stereocenters. The van der Waals surface area contributed by atoms with Crippen LogP contribution in [0.5, 0.6) is 0 Å². The highest BCUT2D eigenvalue weighted by atomic mass is 35.5. The summed E-state index contributed by atoms with van der Waals surface area (Å²) in [6.07, 6.45) is -4.46. The van der Waals surface area contributed by atoms with Gasteiger partial charge in [-0.05, 0) is 30.3 Å². The first-order valence-corrected chi connectivity index (χ1v) is 14.0. The first kappa shape index (κ1) is 30.4. The van der Waals surface area contributed by atoms with Gasteiger partial charge in [0, 0.05) is 28.4 Å². The maximum absolute atomic E-state index is 14.3. The maximum atomic E-state index is 14.3. The third kappa shape index (κ3) is 6.07. The van der Waals surface area contributed by atoms with Crippen LogP contribution >= 0.6 is 46.4 Å². The standard InChI is InChI=1S/C26H26Cl4N4O7/c1-39-24-22(33-8-18(31-32-33)12-2-3-16(29)17(30)4-12)23(37)21(9-35)41-25(24)26(38)34(19-10-40-11-20(19)36)15-6-13(27)5-14(28)7-15/h2-8,19-25,35-37H,9-11H2,1H3/t19-,20-,21?,22?,23?,24?,25?/m0/s1. The number of benzene rings is 2. The zero-order chi connectivity index (χ0) is 29.4. The number of carbonyl (C=O) groups is 1. The van der Waals surface area contributed by atoms with Crippen molar-refractivity contribution in [3.05, 3.63) is 62.7 Å². The number of methoxy groups -OCH3 is 1. The minimum Gasteiger partial charge on any atom is -0.394 e. The van der Waals surface area contributed by atoms with Crippen molar-refractivity contribution in [3.63, 3.8) is 0 Å². The van der Waals surface area contributed by atoms with Crippen molar-refractivity contribution < 1.29 is 34.3 Å². The van der Waals surface area contributed by atoms with E-state index < -0.39 is 55.1 Å². The van der Waals surface area contributed by atoms with Gasteiger partial charge in [-0.1, -0.05) is 57.7 Å². The minimum absolute atomic E-state index is 0.0129. The second-order valence-electron chi connectivity index (χ2n) is 9.68. The fourth-order valence-electron chi connectivity index (χ4n) is 5.15. The second kappa shape index (κ2) is 12.7. The molecule has 3 aromatic rings. The first-order chi connectivity index (χ1) is 19.6. The van der Waals surface area contributed by atoms with Gasteiger partial charge in [-0.3, -0.25) is 4.79 Å². The smallest absolute Gasteiger partial charge is 0.259 e. The lowest BCUT2D eigenvalue weighted by Gasteiger charge is -2.45. The molecule has 2 aliphatic rings. The van der Waals surface area contributed by atoms with Crippen LogP contribution in [0, 0.1) is 0 Å². The molecule has 3 N–H and O–H groups in total. The van der Waals surface area contributed by atoms with E-state index in [1.165, 1.54) is 34.9 Å². The molecule has 2 saturated heterocycles. The summed E-state index contributed by atoms with van der Waals surface area (Å²) in [5.41, 5.74) is 1.33. The lowest BCUT2D eigenvalue weighted by molar-refractivity contribution is -0.211. The van der Waals surface area contributed by atoms with Crippen LogP contribution < -0.4 is 4.90 Å². The van der Waals surface area contributed by atoms with Crippen LogP contribution in [0.3, 0.4) is 0 Å². The molecule has 41 heavy (non-hydrogen) atoms. The molecular weight excluding hydrogens is 622 g/mol. The van der Waals surface area contributed by atoms with Gasteiger partial charge in [-0.15, -0.1) is 5.10 Å². The van der Waals surface area contributed by atoms with Crippen LogP contribution in [0.25, 0.3) is 11.3 Å². The van der Waals surface area contributed by atoms with E-state index in [1.54, 1.807) is 24.4 Å². The van der Waals surface area contributed by atoms with Crippen molar-refractivity contribution in [2.24, 2.45) is 0 Å². The Morgan fingerprint density at radius 2 is 1.83 bits per heavy atom. The number of halogens is 4. The number of amides is 1. The SMILES string of the molecule is COC1C(C(=O)N(c2cc(Cl)cc(Cl)c2)[C@H]2COC[C@@H]2O)OC(CO)C(O)C1n1cc(-c2ccc(Cl)c(Cl)c2)nn1. The molecule has 220 valence electrons. The number of carbonyl (C=O) groups excluding carboxylic acids is 1. The molecular formula is C26H26Cl4N4O7. The average Bonchev–Trinajstić information content (AvgIpc) is 3.59. The van der Waals surface area contributed by atoms with Gasteiger partial charge in [-0.25, -0.2) is 4.68 Å². The zero-order valence-corrected chi connectivity index (χ0v) is 24.5. The van der Waals surface area contributed by atoms with Crippen molar-refractivity contribution in [1.82, 2.24) is 15.0 Å². The minimum atomic E-state index is -1.37. The fraction of sp³-hybridized carbons (Fsp3) is 0.423. The van der Waals surface area contributed by atoms with Gasteiger partial charge in [0.2, 0.25) is 0 Å². The number of hydrogen-bond donors (Lipinski definition) is 3. The Balaban J connectivity index is 1.54. The van der Waals surface area contributed by atoms with Gasteiger partial charge in [0.15, 0.2) is 6.10 Å². The molecule has 7 atom stereocenters. The van der Waals surface area contributed by atoms with Crippen LogP contribution in [-0.4, -0.2) is 99.7 Å². The molecule has 0 bridgehead atoms. The molecule has 0 aliphatic carbocycles. The Hall–Kier alpha value is -2.03. The monoisotopic (exact) mass is 646 g/mol. The van der Waals surface area contributed by atoms with E-state index in [9.17, 15) is 20.1 Å². The number of anilines is 1. The van der Waals surface area contributed by atoms with Crippen LogP contribution in [0.15, 0.2) is 42.6 Å². The van der Waals surface area contributed by atoms with Gasteiger partial charge in [0.05, 0.1) is 42.1 Å².